The summed E-state index contributed by atoms with van der Waals surface area (Å²) < 4.78 is 5.28. The van der Waals surface area contributed by atoms with Gasteiger partial charge >= 0.3 is 0 Å². The second-order valence-electron chi connectivity index (χ2n) is 5.19. The summed E-state index contributed by atoms with van der Waals surface area (Å²) in [4.78, 5) is 0. The van der Waals surface area contributed by atoms with Crippen molar-refractivity contribution in [2.24, 2.45) is 0 Å². The topological polar surface area (TPSA) is 21.3 Å². The van der Waals surface area contributed by atoms with Crippen molar-refractivity contribution in [2.75, 3.05) is 14.2 Å². The molecule has 0 aromatic heterocycles. The van der Waals surface area contributed by atoms with E-state index in [4.69, 9.17) is 4.74 Å². The molecule has 0 saturated carbocycles. The van der Waals surface area contributed by atoms with Crippen molar-refractivity contribution >= 4 is 0 Å². The van der Waals surface area contributed by atoms with Crippen molar-refractivity contribution in [2.45, 2.75) is 26.3 Å². The predicted octanol–water partition coefficient (Wildman–Crippen LogP) is 3.82. The molecule has 0 radical (unpaired) electrons. The maximum Gasteiger partial charge on any atom is 0.119 e. The summed E-state index contributed by atoms with van der Waals surface area (Å²) in [6.07, 6.45) is 0.996. The minimum atomic E-state index is 0.321. The summed E-state index contributed by atoms with van der Waals surface area (Å²) in [5.74, 6) is 0.914. The number of likely N-dealkylation sites (N-methyl/N-ethyl adjacent to an activating group) is 1. The third-order valence-corrected chi connectivity index (χ3v) is 3.89. The van der Waals surface area contributed by atoms with Crippen LogP contribution in [0.2, 0.25) is 0 Å². The highest BCUT2D eigenvalue weighted by atomic mass is 16.5. The molecule has 0 saturated heterocycles. The van der Waals surface area contributed by atoms with Crippen LogP contribution in [0, 0.1) is 13.8 Å². The van der Waals surface area contributed by atoms with Crippen LogP contribution < -0.4 is 10.1 Å². The standard InChI is InChI=1S/C18H23NO/c1-13-7-5-6-8-15(13)12-18(19-3)17-10-9-16(20-4)11-14(17)2/h5-11,18-19H,12H2,1-4H3. The first-order valence-corrected chi connectivity index (χ1v) is 7.02. The predicted molar refractivity (Wildman–Crippen MR) is 84.4 cm³/mol. The Morgan fingerprint density at radius 1 is 1.05 bits per heavy atom. The Balaban J connectivity index is 2.27. The average molecular weight is 269 g/mol. The van der Waals surface area contributed by atoms with Gasteiger partial charge < -0.3 is 10.1 Å². The van der Waals surface area contributed by atoms with E-state index in [2.05, 4.69) is 55.6 Å². The third-order valence-electron chi connectivity index (χ3n) is 3.89. The van der Waals surface area contributed by atoms with E-state index in [0.29, 0.717) is 6.04 Å². The molecule has 0 aliphatic rings. The number of nitrogens with one attached hydrogen (secondary N) is 1. The number of ether oxygens (including phenoxy) is 1. The zero-order valence-corrected chi connectivity index (χ0v) is 12.7. The highest BCUT2D eigenvalue weighted by Gasteiger charge is 2.14. The smallest absolute Gasteiger partial charge is 0.119 e. The fourth-order valence-corrected chi connectivity index (χ4v) is 2.59. The van der Waals surface area contributed by atoms with Crippen LogP contribution in [0.4, 0.5) is 0 Å². The minimum absolute atomic E-state index is 0.321. The lowest BCUT2D eigenvalue weighted by Gasteiger charge is -2.20. The number of rotatable bonds is 5. The summed E-state index contributed by atoms with van der Waals surface area (Å²) >= 11 is 0. The van der Waals surface area contributed by atoms with Crippen molar-refractivity contribution < 1.29 is 4.74 Å². The van der Waals surface area contributed by atoms with Crippen LogP contribution in [-0.2, 0) is 6.42 Å². The van der Waals surface area contributed by atoms with Crippen molar-refractivity contribution in [3.63, 3.8) is 0 Å². The Morgan fingerprint density at radius 3 is 2.40 bits per heavy atom. The molecule has 1 unspecified atom stereocenters. The van der Waals surface area contributed by atoms with Crippen LogP contribution in [0.25, 0.3) is 0 Å². The van der Waals surface area contributed by atoms with Gasteiger partial charge in [-0.3, -0.25) is 0 Å². The monoisotopic (exact) mass is 269 g/mol. The van der Waals surface area contributed by atoms with E-state index in [0.717, 1.165) is 12.2 Å². The van der Waals surface area contributed by atoms with E-state index >= 15 is 0 Å². The molecule has 0 heterocycles. The second kappa shape index (κ2) is 6.58. The van der Waals surface area contributed by atoms with Gasteiger partial charge in [-0.25, -0.2) is 0 Å². The van der Waals surface area contributed by atoms with Gasteiger partial charge in [-0.05, 0) is 61.7 Å². The maximum absolute atomic E-state index is 5.28. The van der Waals surface area contributed by atoms with Gasteiger partial charge in [0.25, 0.3) is 0 Å². The molecule has 1 atom stereocenters. The summed E-state index contributed by atoms with van der Waals surface area (Å²) in [5, 5.41) is 3.43. The third kappa shape index (κ3) is 3.20. The summed E-state index contributed by atoms with van der Waals surface area (Å²) in [7, 11) is 3.73. The molecule has 0 bridgehead atoms. The molecule has 2 rings (SSSR count). The maximum atomic E-state index is 5.28. The second-order valence-corrected chi connectivity index (χ2v) is 5.19. The summed E-state index contributed by atoms with van der Waals surface area (Å²) in [5.41, 5.74) is 5.33. The molecular formula is C18H23NO. The molecule has 2 heteroatoms. The van der Waals surface area contributed by atoms with Crippen LogP contribution in [0.1, 0.15) is 28.3 Å². The highest BCUT2D eigenvalue weighted by molar-refractivity contribution is 5.38. The lowest BCUT2D eigenvalue weighted by atomic mass is 9.93. The first-order valence-electron chi connectivity index (χ1n) is 7.02. The molecular weight excluding hydrogens is 246 g/mol. The fraction of sp³-hybridized carbons (Fsp3) is 0.333. The average Bonchev–Trinajstić information content (AvgIpc) is 2.47. The van der Waals surface area contributed by atoms with Gasteiger partial charge in [-0.15, -0.1) is 0 Å². The number of hydrogen-bond donors (Lipinski definition) is 1. The van der Waals surface area contributed by atoms with Gasteiger partial charge in [0.05, 0.1) is 7.11 Å². The number of hydrogen-bond acceptors (Lipinski definition) is 2. The molecule has 2 nitrogen and oxygen atoms in total. The Kier molecular flexibility index (Phi) is 4.80. The van der Waals surface area contributed by atoms with Gasteiger partial charge in [0.2, 0.25) is 0 Å². The molecule has 0 fully saturated rings. The first-order chi connectivity index (χ1) is 9.65. The van der Waals surface area contributed by atoms with Gasteiger partial charge in [-0.2, -0.15) is 0 Å². The largest absolute Gasteiger partial charge is 0.497 e. The van der Waals surface area contributed by atoms with Gasteiger partial charge in [0, 0.05) is 6.04 Å². The summed E-state index contributed by atoms with van der Waals surface area (Å²) in [6.45, 7) is 4.31. The van der Waals surface area contributed by atoms with E-state index in [9.17, 15) is 0 Å². The van der Waals surface area contributed by atoms with Crippen molar-refractivity contribution in [3.05, 3.63) is 64.7 Å². The Hall–Kier alpha value is -1.80. The highest BCUT2D eigenvalue weighted by Crippen LogP contribution is 2.25. The first kappa shape index (κ1) is 14.6. The molecule has 0 spiro atoms. The van der Waals surface area contributed by atoms with Crippen molar-refractivity contribution in [1.29, 1.82) is 0 Å². The van der Waals surface area contributed by atoms with E-state index in [-0.39, 0.29) is 0 Å². The molecule has 2 aromatic carbocycles. The lowest BCUT2D eigenvalue weighted by Crippen LogP contribution is -2.20. The lowest BCUT2D eigenvalue weighted by molar-refractivity contribution is 0.414. The minimum Gasteiger partial charge on any atom is -0.497 e. The van der Waals surface area contributed by atoms with Gasteiger partial charge in [0.1, 0.15) is 5.75 Å². The molecule has 2 aromatic rings. The van der Waals surface area contributed by atoms with Crippen LogP contribution in [0.15, 0.2) is 42.5 Å². The molecule has 0 amide bonds. The van der Waals surface area contributed by atoms with E-state index in [1.54, 1.807) is 7.11 Å². The van der Waals surface area contributed by atoms with Crippen molar-refractivity contribution in [1.82, 2.24) is 5.32 Å². The SMILES string of the molecule is CNC(Cc1ccccc1C)c1ccc(OC)cc1C. The van der Waals surface area contributed by atoms with Crippen LogP contribution in [0.3, 0.4) is 0 Å². The quantitative estimate of drug-likeness (QED) is 0.891. The zero-order valence-electron chi connectivity index (χ0n) is 12.7. The van der Waals surface area contributed by atoms with Gasteiger partial charge in [-0.1, -0.05) is 30.3 Å². The Morgan fingerprint density at radius 2 is 1.80 bits per heavy atom. The van der Waals surface area contributed by atoms with Crippen LogP contribution >= 0.6 is 0 Å². The summed E-state index contributed by atoms with van der Waals surface area (Å²) in [6, 6.07) is 15.2. The molecule has 0 aliphatic heterocycles. The molecule has 20 heavy (non-hydrogen) atoms. The van der Waals surface area contributed by atoms with Crippen molar-refractivity contribution in [3.8, 4) is 5.75 Å². The van der Waals surface area contributed by atoms with Gasteiger partial charge in [0.15, 0.2) is 0 Å². The zero-order chi connectivity index (χ0) is 14.5. The number of aryl methyl sites for hydroxylation is 2. The molecule has 106 valence electrons. The Bertz CT molecular complexity index is 577. The fourth-order valence-electron chi connectivity index (χ4n) is 2.59. The van der Waals surface area contributed by atoms with Crippen LogP contribution in [-0.4, -0.2) is 14.2 Å². The molecule has 1 N–H and O–H groups in total. The molecule has 0 aliphatic carbocycles. The normalized spacial score (nSPS) is 12.2. The number of methoxy groups -OCH3 is 1. The Labute approximate surface area is 121 Å². The number of benzene rings is 2. The van der Waals surface area contributed by atoms with Crippen LogP contribution in [0.5, 0.6) is 5.75 Å². The van der Waals surface area contributed by atoms with E-state index < -0.39 is 0 Å². The van der Waals surface area contributed by atoms with E-state index in [1.807, 2.05) is 13.1 Å². The van der Waals surface area contributed by atoms with E-state index in [1.165, 1.54) is 22.3 Å².